The molecule has 0 fully saturated rings. The minimum absolute atomic E-state index is 0. The maximum atomic E-state index is 12.3. The Hall–Kier alpha value is 0.311. The molecule has 1 aromatic carbocycles. The number of nitrogens with two attached hydrogens (primary N) is 1. The summed E-state index contributed by atoms with van der Waals surface area (Å²) in [5, 5.41) is 0. The van der Waals surface area contributed by atoms with E-state index in [-0.39, 0.29) is 62.8 Å². The summed E-state index contributed by atoms with van der Waals surface area (Å²) < 4.78 is 41.5. The molecule has 0 atom stereocenters. The van der Waals surface area contributed by atoms with Crippen molar-refractivity contribution in [2.75, 3.05) is 12.8 Å². The molecule has 0 saturated carbocycles. The molecule has 0 saturated heterocycles. The Kier molecular flexibility index (Phi) is 5.53. The number of nitrogen functional groups attached to an aromatic ring is 1. The van der Waals surface area contributed by atoms with Gasteiger partial charge in [0.05, 0.1) is 12.9 Å². The molecule has 14 heavy (non-hydrogen) atoms. The number of rotatable bonds is 2. The van der Waals surface area contributed by atoms with E-state index in [4.69, 9.17) is 5.73 Å². The summed E-state index contributed by atoms with van der Waals surface area (Å²) in [6.45, 7) is -5.03. The van der Waals surface area contributed by atoms with Crippen LogP contribution in [0.3, 0.4) is 0 Å². The standard InChI is InChI=1S/C7H8BF3NO.K/c1-13-7-4-5(12)2-3-6(7)8(9,10)11;/h2-4H,12H2,1H3;/q-1;+1. The van der Waals surface area contributed by atoms with Crippen LogP contribution in [0.2, 0.25) is 0 Å². The van der Waals surface area contributed by atoms with Crippen LogP contribution in [0.4, 0.5) is 18.6 Å². The molecule has 0 aliphatic heterocycles. The van der Waals surface area contributed by atoms with E-state index < -0.39 is 12.4 Å². The molecule has 0 bridgehead atoms. The number of ether oxygens (including phenoxy) is 1. The number of benzene rings is 1. The maximum absolute atomic E-state index is 12.3. The minimum atomic E-state index is -5.03. The Labute approximate surface area is 122 Å². The molecule has 0 heterocycles. The van der Waals surface area contributed by atoms with Crippen LogP contribution in [-0.2, 0) is 0 Å². The second-order valence-electron chi connectivity index (χ2n) is 2.58. The van der Waals surface area contributed by atoms with E-state index in [2.05, 4.69) is 4.74 Å². The van der Waals surface area contributed by atoms with Crippen molar-refractivity contribution in [3.05, 3.63) is 18.2 Å². The molecule has 2 N–H and O–H groups in total. The van der Waals surface area contributed by atoms with Crippen LogP contribution in [0.15, 0.2) is 18.2 Å². The smallest absolute Gasteiger partial charge is 0.500 e. The second kappa shape index (κ2) is 5.41. The average molecular weight is 229 g/mol. The molecule has 7 heteroatoms. The van der Waals surface area contributed by atoms with Gasteiger partial charge in [-0.05, 0) is 6.07 Å². The van der Waals surface area contributed by atoms with E-state index in [1.54, 1.807) is 0 Å². The van der Waals surface area contributed by atoms with Crippen LogP contribution < -0.4 is 67.3 Å². The molecule has 2 nitrogen and oxygen atoms in total. The molecule has 1 aromatic rings. The van der Waals surface area contributed by atoms with Crippen LogP contribution in [0.1, 0.15) is 0 Å². The molecule has 0 radical (unpaired) electrons. The first-order valence-electron chi connectivity index (χ1n) is 3.58. The Morgan fingerprint density at radius 1 is 1.29 bits per heavy atom. The monoisotopic (exact) mass is 229 g/mol. The van der Waals surface area contributed by atoms with Crippen LogP contribution >= 0.6 is 0 Å². The number of methoxy groups -OCH3 is 1. The fourth-order valence-electron chi connectivity index (χ4n) is 0.998. The molecule has 0 spiro atoms. The van der Waals surface area contributed by atoms with Gasteiger partial charge in [0.25, 0.3) is 0 Å². The summed E-state index contributed by atoms with van der Waals surface area (Å²) in [5.41, 5.74) is 4.80. The van der Waals surface area contributed by atoms with Crippen molar-refractivity contribution in [2.45, 2.75) is 0 Å². The van der Waals surface area contributed by atoms with Crippen LogP contribution in [0, 0.1) is 0 Å². The first-order chi connectivity index (χ1) is 5.95. The van der Waals surface area contributed by atoms with E-state index in [1.807, 2.05) is 0 Å². The predicted octanol–water partition coefficient (Wildman–Crippen LogP) is -1.66. The fourth-order valence-corrected chi connectivity index (χ4v) is 0.998. The van der Waals surface area contributed by atoms with Crippen molar-refractivity contribution in [3.63, 3.8) is 0 Å². The third kappa shape index (κ3) is 3.47. The van der Waals surface area contributed by atoms with Gasteiger partial charge in [0.2, 0.25) is 0 Å². The molecule has 0 unspecified atom stereocenters. The van der Waals surface area contributed by atoms with Gasteiger partial charge in [-0.3, -0.25) is 0 Å². The Balaban J connectivity index is 0.00000169. The summed E-state index contributed by atoms with van der Waals surface area (Å²) >= 11 is 0. The van der Waals surface area contributed by atoms with E-state index in [1.165, 1.54) is 13.2 Å². The molecule has 0 aromatic heterocycles. The van der Waals surface area contributed by atoms with Crippen LogP contribution in [0.5, 0.6) is 5.75 Å². The number of hydrogen-bond acceptors (Lipinski definition) is 2. The van der Waals surface area contributed by atoms with Gasteiger partial charge in [-0.15, -0.1) is 0 Å². The van der Waals surface area contributed by atoms with E-state index in [9.17, 15) is 12.9 Å². The number of anilines is 1. The molecule has 0 amide bonds. The van der Waals surface area contributed by atoms with Crippen molar-refractivity contribution in [1.82, 2.24) is 0 Å². The summed E-state index contributed by atoms with van der Waals surface area (Å²) in [5.74, 6) is -0.229. The largest absolute Gasteiger partial charge is 1.00 e. The first-order valence-corrected chi connectivity index (χ1v) is 3.58. The maximum Gasteiger partial charge on any atom is 1.00 e. The molecular formula is C7H8BF3KNO. The Morgan fingerprint density at radius 3 is 2.29 bits per heavy atom. The van der Waals surface area contributed by atoms with E-state index in [0.29, 0.717) is 0 Å². The summed E-state index contributed by atoms with van der Waals surface area (Å²) in [7, 11) is 1.18. The van der Waals surface area contributed by atoms with Gasteiger partial charge in [0.1, 0.15) is 0 Å². The van der Waals surface area contributed by atoms with Gasteiger partial charge in [0.15, 0.2) is 0 Å². The third-order valence-electron chi connectivity index (χ3n) is 1.61. The van der Waals surface area contributed by atoms with Gasteiger partial charge in [-0.1, -0.05) is 11.5 Å². The summed E-state index contributed by atoms with van der Waals surface area (Å²) in [6.07, 6.45) is 0. The normalized spacial score (nSPS) is 10.6. The Bertz CT molecular complexity index is 318. The minimum Gasteiger partial charge on any atom is -0.500 e. The Morgan fingerprint density at radius 2 is 1.86 bits per heavy atom. The second-order valence-corrected chi connectivity index (χ2v) is 2.58. The average Bonchev–Trinajstić information content (AvgIpc) is 2.01. The molecule has 0 aliphatic carbocycles. The predicted molar refractivity (Wildman–Crippen MR) is 46.1 cm³/mol. The van der Waals surface area contributed by atoms with Crippen molar-refractivity contribution in [3.8, 4) is 5.75 Å². The van der Waals surface area contributed by atoms with Gasteiger partial charge in [0, 0.05) is 11.8 Å². The zero-order valence-electron chi connectivity index (χ0n) is 7.93. The first kappa shape index (κ1) is 14.3. The van der Waals surface area contributed by atoms with Gasteiger partial charge in [-0.25, -0.2) is 0 Å². The zero-order chi connectivity index (χ0) is 10.1. The van der Waals surface area contributed by atoms with Gasteiger partial charge in [-0.2, -0.15) is 0 Å². The number of hydrogen-bond donors (Lipinski definition) is 1. The summed E-state index contributed by atoms with van der Waals surface area (Å²) in [6, 6.07) is 3.28. The van der Waals surface area contributed by atoms with Gasteiger partial charge >= 0.3 is 58.4 Å². The van der Waals surface area contributed by atoms with Crippen molar-refractivity contribution < 1.29 is 69.1 Å². The van der Waals surface area contributed by atoms with Crippen molar-refractivity contribution >= 4 is 18.1 Å². The van der Waals surface area contributed by atoms with Gasteiger partial charge < -0.3 is 23.4 Å². The fraction of sp³-hybridized carbons (Fsp3) is 0.143. The van der Waals surface area contributed by atoms with E-state index >= 15 is 0 Å². The third-order valence-corrected chi connectivity index (χ3v) is 1.61. The van der Waals surface area contributed by atoms with Crippen LogP contribution in [0.25, 0.3) is 0 Å². The zero-order valence-corrected chi connectivity index (χ0v) is 11.1. The quantitative estimate of drug-likeness (QED) is 0.486. The molecule has 0 aliphatic rings. The van der Waals surface area contributed by atoms with Crippen LogP contribution in [-0.4, -0.2) is 14.1 Å². The molecule has 72 valence electrons. The molecule has 1 rings (SSSR count). The van der Waals surface area contributed by atoms with Crippen molar-refractivity contribution in [2.24, 2.45) is 0 Å². The summed E-state index contributed by atoms with van der Waals surface area (Å²) in [4.78, 5) is 0. The van der Waals surface area contributed by atoms with Crippen molar-refractivity contribution in [1.29, 1.82) is 0 Å². The topological polar surface area (TPSA) is 35.2 Å². The SMILES string of the molecule is COc1cc(N)ccc1[B-](F)(F)F.[K+]. The molecular weight excluding hydrogens is 221 g/mol. The number of halogens is 3. The van der Waals surface area contributed by atoms with E-state index in [0.717, 1.165) is 12.1 Å².